The van der Waals surface area contributed by atoms with E-state index in [9.17, 15) is 20.1 Å². The lowest BCUT2D eigenvalue weighted by atomic mass is 10.0. The van der Waals surface area contributed by atoms with Crippen LogP contribution in [0.15, 0.2) is 24.3 Å². The Morgan fingerprint density at radius 1 is 1.26 bits per heavy atom. The molecule has 0 aliphatic carbocycles. The van der Waals surface area contributed by atoms with Crippen molar-refractivity contribution in [1.82, 2.24) is 5.32 Å². The fraction of sp³-hybridized carbons (Fsp3) is 0.429. The smallest absolute Gasteiger partial charge is 0.337 e. The molecular formula is C14H18N2O6S. The fourth-order valence-corrected chi connectivity index (χ4v) is 2.27. The molecule has 1 fully saturated rings. The summed E-state index contributed by atoms with van der Waals surface area (Å²) in [6.07, 6.45) is -4.72. The van der Waals surface area contributed by atoms with Gasteiger partial charge >= 0.3 is 5.97 Å². The van der Waals surface area contributed by atoms with E-state index in [4.69, 9.17) is 17.0 Å². The molecule has 4 unspecified atom stereocenters. The van der Waals surface area contributed by atoms with Crippen LogP contribution in [0.2, 0.25) is 0 Å². The van der Waals surface area contributed by atoms with Gasteiger partial charge in [-0.05, 0) is 36.5 Å². The molecule has 4 atom stereocenters. The third-order valence-corrected chi connectivity index (χ3v) is 3.56. The van der Waals surface area contributed by atoms with Gasteiger partial charge in [0.25, 0.3) is 0 Å². The molecule has 1 aliphatic rings. The molecule has 0 spiro atoms. The summed E-state index contributed by atoms with van der Waals surface area (Å²) < 4.78 is 9.79. The van der Waals surface area contributed by atoms with Crippen LogP contribution < -0.4 is 10.6 Å². The van der Waals surface area contributed by atoms with Crippen molar-refractivity contribution in [3.63, 3.8) is 0 Å². The topological polar surface area (TPSA) is 120 Å². The van der Waals surface area contributed by atoms with Crippen molar-refractivity contribution in [3.05, 3.63) is 29.8 Å². The summed E-state index contributed by atoms with van der Waals surface area (Å²) in [5.41, 5.74) is 1.01. The van der Waals surface area contributed by atoms with E-state index in [0.717, 1.165) is 0 Å². The van der Waals surface area contributed by atoms with Gasteiger partial charge in [0.1, 0.15) is 18.3 Å². The van der Waals surface area contributed by atoms with Crippen LogP contribution in [-0.2, 0) is 9.47 Å². The first-order valence-electron chi connectivity index (χ1n) is 6.84. The number of nitrogens with one attached hydrogen (secondary N) is 2. The van der Waals surface area contributed by atoms with Gasteiger partial charge in [0, 0.05) is 5.69 Å². The van der Waals surface area contributed by atoms with E-state index >= 15 is 0 Å². The molecule has 1 aliphatic heterocycles. The minimum Gasteiger partial charge on any atom is -0.465 e. The van der Waals surface area contributed by atoms with Gasteiger partial charge in [0.2, 0.25) is 0 Å². The first-order valence-corrected chi connectivity index (χ1v) is 7.25. The third kappa shape index (κ3) is 4.36. The molecule has 1 aromatic carbocycles. The molecule has 0 aromatic heterocycles. The van der Waals surface area contributed by atoms with E-state index in [1.807, 2.05) is 0 Å². The zero-order valence-electron chi connectivity index (χ0n) is 12.3. The first kappa shape index (κ1) is 17.6. The van der Waals surface area contributed by atoms with E-state index in [1.54, 1.807) is 24.3 Å². The number of benzene rings is 1. The Morgan fingerprint density at radius 3 is 2.52 bits per heavy atom. The monoisotopic (exact) mass is 342 g/mol. The summed E-state index contributed by atoms with van der Waals surface area (Å²) in [6.45, 7) is -0.119. The fourth-order valence-electron chi connectivity index (χ4n) is 2.04. The average molecular weight is 342 g/mol. The summed E-state index contributed by atoms with van der Waals surface area (Å²) in [5.74, 6) is -0.441. The number of hydrogen-bond acceptors (Lipinski definition) is 7. The van der Waals surface area contributed by atoms with Crippen molar-refractivity contribution in [2.75, 3.05) is 19.0 Å². The van der Waals surface area contributed by atoms with E-state index in [-0.39, 0.29) is 11.7 Å². The Labute approximate surface area is 138 Å². The molecule has 0 amide bonds. The number of methoxy groups -OCH3 is 1. The van der Waals surface area contributed by atoms with Gasteiger partial charge in [-0.15, -0.1) is 0 Å². The van der Waals surface area contributed by atoms with Gasteiger partial charge in [-0.1, -0.05) is 0 Å². The maximum absolute atomic E-state index is 11.3. The number of hydrogen-bond donors (Lipinski definition) is 5. The van der Waals surface area contributed by atoms with Gasteiger partial charge in [0.05, 0.1) is 19.3 Å². The minimum atomic E-state index is -1.32. The molecule has 8 nitrogen and oxygen atoms in total. The van der Waals surface area contributed by atoms with Gasteiger partial charge in [-0.25, -0.2) is 4.79 Å². The number of anilines is 1. The average Bonchev–Trinajstić information content (AvgIpc) is 2.55. The first-order chi connectivity index (χ1) is 10.9. The quantitative estimate of drug-likeness (QED) is 0.355. The second kappa shape index (κ2) is 7.66. The Morgan fingerprint density at radius 2 is 1.91 bits per heavy atom. The summed E-state index contributed by atoms with van der Waals surface area (Å²) in [4.78, 5) is 11.3. The third-order valence-electron chi connectivity index (χ3n) is 3.34. The van der Waals surface area contributed by atoms with Gasteiger partial charge in [0.15, 0.2) is 11.3 Å². The molecule has 1 heterocycles. The molecule has 2 rings (SSSR count). The lowest BCUT2D eigenvalue weighted by Crippen LogP contribution is -2.59. The predicted molar refractivity (Wildman–Crippen MR) is 84.9 cm³/mol. The van der Waals surface area contributed by atoms with Crippen LogP contribution in [0.5, 0.6) is 0 Å². The van der Waals surface area contributed by atoms with Crippen LogP contribution in [0.4, 0.5) is 5.69 Å². The number of aliphatic hydroxyl groups excluding tert-OH is 3. The van der Waals surface area contributed by atoms with Crippen molar-refractivity contribution in [1.29, 1.82) is 0 Å². The Balaban J connectivity index is 1.91. The number of rotatable bonds is 3. The second-order valence-corrected chi connectivity index (χ2v) is 5.38. The van der Waals surface area contributed by atoms with Crippen molar-refractivity contribution in [2.24, 2.45) is 0 Å². The zero-order valence-corrected chi connectivity index (χ0v) is 13.1. The molecule has 5 N–H and O–H groups in total. The number of aliphatic hydroxyl groups is 3. The molecular weight excluding hydrogens is 324 g/mol. The van der Waals surface area contributed by atoms with Crippen molar-refractivity contribution in [3.8, 4) is 0 Å². The Kier molecular flexibility index (Phi) is 5.85. The molecule has 126 valence electrons. The normalized spacial score (nSPS) is 27.1. The zero-order chi connectivity index (χ0) is 17.0. The van der Waals surface area contributed by atoms with Crippen LogP contribution in [0.3, 0.4) is 0 Å². The highest BCUT2D eigenvalue weighted by Gasteiger charge is 2.37. The summed E-state index contributed by atoms with van der Waals surface area (Å²) in [5, 5.41) is 34.5. The van der Waals surface area contributed by atoms with Crippen LogP contribution in [0.25, 0.3) is 0 Å². The molecule has 9 heteroatoms. The van der Waals surface area contributed by atoms with Crippen molar-refractivity contribution in [2.45, 2.75) is 24.5 Å². The SMILES string of the molecule is COC(=O)c1ccc(NC(=S)NC2OCC(O)C(O)C2O)cc1. The van der Waals surface area contributed by atoms with E-state index in [0.29, 0.717) is 11.3 Å². The lowest BCUT2D eigenvalue weighted by molar-refractivity contribution is -0.190. The summed E-state index contributed by atoms with van der Waals surface area (Å²) in [6, 6.07) is 6.42. The Bertz CT molecular complexity index is 567. The van der Waals surface area contributed by atoms with Gasteiger partial charge in [-0.3, -0.25) is 0 Å². The molecule has 0 bridgehead atoms. The molecule has 1 aromatic rings. The number of esters is 1. The molecule has 23 heavy (non-hydrogen) atoms. The molecule has 1 saturated heterocycles. The van der Waals surface area contributed by atoms with E-state index in [1.165, 1.54) is 7.11 Å². The highest BCUT2D eigenvalue weighted by molar-refractivity contribution is 7.80. The van der Waals surface area contributed by atoms with Crippen molar-refractivity contribution < 1.29 is 29.6 Å². The molecule has 0 radical (unpaired) electrons. The largest absolute Gasteiger partial charge is 0.465 e. The van der Waals surface area contributed by atoms with Gasteiger partial charge in [-0.2, -0.15) is 0 Å². The maximum atomic E-state index is 11.3. The highest BCUT2D eigenvalue weighted by Crippen LogP contribution is 2.15. The second-order valence-electron chi connectivity index (χ2n) is 4.97. The Hall–Kier alpha value is -1.78. The van der Waals surface area contributed by atoms with Crippen LogP contribution in [-0.4, -0.2) is 64.7 Å². The number of ether oxygens (including phenoxy) is 2. The number of carbonyl (C=O) groups is 1. The number of thiocarbonyl (C=S) groups is 1. The molecule has 0 saturated carbocycles. The van der Waals surface area contributed by atoms with Crippen LogP contribution in [0, 0.1) is 0 Å². The van der Waals surface area contributed by atoms with E-state index in [2.05, 4.69) is 15.4 Å². The van der Waals surface area contributed by atoms with Crippen LogP contribution in [0.1, 0.15) is 10.4 Å². The summed E-state index contributed by atoms with van der Waals surface area (Å²) in [7, 11) is 1.30. The van der Waals surface area contributed by atoms with E-state index < -0.39 is 30.5 Å². The number of carbonyl (C=O) groups excluding carboxylic acids is 1. The minimum absolute atomic E-state index is 0.119. The maximum Gasteiger partial charge on any atom is 0.337 e. The van der Waals surface area contributed by atoms with Crippen LogP contribution >= 0.6 is 12.2 Å². The van der Waals surface area contributed by atoms with Crippen molar-refractivity contribution >= 4 is 29.0 Å². The highest BCUT2D eigenvalue weighted by atomic mass is 32.1. The summed E-state index contributed by atoms with van der Waals surface area (Å²) >= 11 is 5.10. The lowest BCUT2D eigenvalue weighted by Gasteiger charge is -2.35. The van der Waals surface area contributed by atoms with Gasteiger partial charge < -0.3 is 35.4 Å². The standard InChI is InChI=1S/C14H18N2O6S/c1-21-13(20)7-2-4-8(5-3-7)15-14(23)16-12-11(19)10(18)9(17)6-22-12/h2-5,9-12,17-19H,6H2,1H3,(H2,15,16,23). The predicted octanol–water partition coefficient (Wildman–Crippen LogP) is -0.801.